The quantitative estimate of drug-likeness (QED) is 0.622. The van der Waals surface area contributed by atoms with Gasteiger partial charge in [-0.25, -0.2) is 4.98 Å². The number of rotatable bonds is 6. The van der Waals surface area contributed by atoms with E-state index in [0.29, 0.717) is 18.0 Å². The first-order valence-electron chi connectivity index (χ1n) is 6.54. The maximum absolute atomic E-state index is 11.1. The van der Waals surface area contributed by atoms with Crippen LogP contribution in [-0.2, 0) is 6.61 Å². The summed E-state index contributed by atoms with van der Waals surface area (Å²) in [6, 6.07) is 4.72. The van der Waals surface area contributed by atoms with Gasteiger partial charge in [0.05, 0.1) is 15.4 Å². The topological polar surface area (TPSA) is 79.7 Å². The molecular weight excluding hydrogens is 289 g/mol. The molecule has 2 rings (SSSR count). The van der Waals surface area contributed by atoms with Crippen LogP contribution in [0.2, 0.25) is 0 Å². The Kier molecular flexibility index (Phi) is 5.11. The summed E-state index contributed by atoms with van der Waals surface area (Å²) in [5, 5.41) is 19.5. The predicted molar refractivity (Wildman–Crippen MR) is 82.2 cm³/mol. The molecule has 1 aromatic carbocycles. The monoisotopic (exact) mass is 305 g/mol. The molecule has 0 saturated carbocycles. The van der Waals surface area contributed by atoms with Gasteiger partial charge in [-0.1, -0.05) is 26.0 Å². The van der Waals surface area contributed by atoms with E-state index >= 15 is 0 Å². The minimum atomic E-state index is -1.70. The molecule has 2 N–H and O–H groups in total. The van der Waals surface area contributed by atoms with Crippen LogP contribution >= 0.6 is 11.3 Å². The summed E-state index contributed by atoms with van der Waals surface area (Å²) in [6.07, 6.45) is 2.32. The number of carbonyl (C=O) groups is 1. The molecular formula is C14H16BNO4S. The van der Waals surface area contributed by atoms with Gasteiger partial charge in [0.2, 0.25) is 0 Å². The van der Waals surface area contributed by atoms with Crippen molar-refractivity contribution in [3.63, 3.8) is 0 Å². The fourth-order valence-electron chi connectivity index (χ4n) is 1.84. The summed E-state index contributed by atoms with van der Waals surface area (Å²) in [4.78, 5) is 16.4. The third-order valence-corrected chi connectivity index (χ3v) is 4.20. The Morgan fingerprint density at radius 2 is 2.19 bits per heavy atom. The van der Waals surface area contributed by atoms with Crippen LogP contribution in [-0.4, -0.2) is 28.4 Å². The summed E-state index contributed by atoms with van der Waals surface area (Å²) in [5.74, 6) is 0.692. The van der Waals surface area contributed by atoms with Crippen molar-refractivity contribution in [1.82, 2.24) is 4.98 Å². The second-order valence-corrected chi connectivity index (χ2v) is 6.01. The van der Waals surface area contributed by atoms with Crippen molar-refractivity contribution in [2.24, 2.45) is 0 Å². The van der Waals surface area contributed by atoms with E-state index in [2.05, 4.69) is 18.8 Å². The van der Waals surface area contributed by atoms with E-state index in [-0.39, 0.29) is 17.6 Å². The number of hydrogen-bond acceptors (Lipinski definition) is 6. The fraction of sp³-hybridized carbons (Fsp3) is 0.286. The van der Waals surface area contributed by atoms with Crippen LogP contribution in [0, 0.1) is 0 Å². The van der Waals surface area contributed by atoms with Gasteiger partial charge < -0.3 is 14.8 Å². The lowest BCUT2D eigenvalue weighted by molar-refractivity contribution is 0.111. The summed E-state index contributed by atoms with van der Waals surface area (Å²) < 4.78 is 5.61. The maximum Gasteiger partial charge on any atom is 0.489 e. The number of aromatic nitrogens is 1. The second-order valence-electron chi connectivity index (χ2n) is 4.86. The molecule has 0 aliphatic rings. The van der Waals surface area contributed by atoms with Crippen LogP contribution in [0.15, 0.2) is 24.4 Å². The molecule has 0 radical (unpaired) electrons. The van der Waals surface area contributed by atoms with Gasteiger partial charge in [-0.3, -0.25) is 4.79 Å². The number of hydrogen-bond donors (Lipinski definition) is 2. The number of ether oxygens (including phenoxy) is 1. The summed E-state index contributed by atoms with van der Waals surface area (Å²) in [6.45, 7) is 4.43. The zero-order valence-corrected chi connectivity index (χ0v) is 12.6. The lowest BCUT2D eigenvalue weighted by atomic mass is 9.77. The van der Waals surface area contributed by atoms with E-state index in [0.717, 1.165) is 9.88 Å². The average Bonchev–Trinajstić information content (AvgIpc) is 2.93. The van der Waals surface area contributed by atoms with Crippen LogP contribution in [0.5, 0.6) is 5.75 Å². The second kappa shape index (κ2) is 6.84. The Balaban J connectivity index is 2.15. The Morgan fingerprint density at radius 3 is 2.76 bits per heavy atom. The number of aldehydes is 1. The van der Waals surface area contributed by atoms with E-state index in [4.69, 9.17) is 4.74 Å². The minimum Gasteiger partial charge on any atom is -0.487 e. The molecule has 2 aromatic rings. The molecule has 0 amide bonds. The zero-order valence-electron chi connectivity index (χ0n) is 11.8. The molecule has 110 valence electrons. The zero-order chi connectivity index (χ0) is 15.4. The van der Waals surface area contributed by atoms with Crippen molar-refractivity contribution in [3.8, 4) is 5.75 Å². The van der Waals surface area contributed by atoms with Gasteiger partial charge in [0.1, 0.15) is 12.4 Å². The standard InChI is InChI=1S/C14H16BNO4S/c1-9(2)14-16-6-10(21-14)8-20-13-5-3-4-12(15(18)19)11(13)7-17/h3-7,9,18-19H,8H2,1-2H3. The smallest absolute Gasteiger partial charge is 0.487 e. The molecule has 0 saturated heterocycles. The summed E-state index contributed by atoms with van der Waals surface area (Å²) >= 11 is 1.56. The van der Waals surface area contributed by atoms with Crippen LogP contribution < -0.4 is 10.2 Å². The largest absolute Gasteiger partial charge is 0.489 e. The Morgan fingerprint density at radius 1 is 1.43 bits per heavy atom. The number of carbonyl (C=O) groups excluding carboxylic acids is 1. The Hall–Kier alpha value is -1.70. The molecule has 0 atom stereocenters. The Bertz CT molecular complexity index is 627. The van der Waals surface area contributed by atoms with Gasteiger partial charge in [-0.05, 0) is 11.5 Å². The first kappa shape index (κ1) is 15.7. The lowest BCUT2D eigenvalue weighted by Crippen LogP contribution is -2.33. The van der Waals surface area contributed by atoms with Crippen LogP contribution in [0.1, 0.15) is 40.0 Å². The highest BCUT2D eigenvalue weighted by atomic mass is 32.1. The van der Waals surface area contributed by atoms with Gasteiger partial charge in [-0.2, -0.15) is 0 Å². The van der Waals surface area contributed by atoms with Gasteiger partial charge in [0.15, 0.2) is 6.29 Å². The predicted octanol–water partition coefficient (Wildman–Crippen LogP) is 1.34. The van der Waals surface area contributed by atoms with E-state index in [9.17, 15) is 14.8 Å². The normalized spacial score (nSPS) is 10.7. The average molecular weight is 305 g/mol. The molecule has 0 unspecified atom stereocenters. The first-order valence-corrected chi connectivity index (χ1v) is 7.36. The fourth-order valence-corrected chi connectivity index (χ4v) is 2.68. The van der Waals surface area contributed by atoms with Crippen LogP contribution in [0.4, 0.5) is 0 Å². The Labute approximate surface area is 127 Å². The number of benzene rings is 1. The van der Waals surface area contributed by atoms with Crippen molar-refractivity contribution < 1.29 is 19.6 Å². The molecule has 1 heterocycles. The van der Waals surface area contributed by atoms with E-state index < -0.39 is 7.12 Å². The third-order valence-electron chi connectivity index (χ3n) is 2.93. The first-order chi connectivity index (χ1) is 10.0. The molecule has 0 aliphatic carbocycles. The molecule has 0 aliphatic heterocycles. The molecule has 1 aromatic heterocycles. The van der Waals surface area contributed by atoms with Crippen LogP contribution in [0.3, 0.4) is 0 Å². The highest BCUT2D eigenvalue weighted by Crippen LogP contribution is 2.23. The lowest BCUT2D eigenvalue weighted by Gasteiger charge is -2.10. The van der Waals surface area contributed by atoms with E-state index in [1.54, 1.807) is 29.7 Å². The molecule has 0 bridgehead atoms. The van der Waals surface area contributed by atoms with Crippen molar-refractivity contribution in [2.75, 3.05) is 0 Å². The molecule has 0 spiro atoms. The SMILES string of the molecule is CC(C)c1ncc(COc2cccc(B(O)O)c2C=O)s1. The van der Waals surface area contributed by atoms with Crippen LogP contribution in [0.25, 0.3) is 0 Å². The summed E-state index contributed by atoms with van der Waals surface area (Å²) in [7, 11) is -1.70. The van der Waals surface area contributed by atoms with E-state index in [1.165, 1.54) is 6.07 Å². The van der Waals surface area contributed by atoms with Crippen molar-refractivity contribution in [2.45, 2.75) is 26.4 Å². The molecule has 0 fully saturated rings. The van der Waals surface area contributed by atoms with Gasteiger partial charge in [-0.15, -0.1) is 11.3 Å². The van der Waals surface area contributed by atoms with Gasteiger partial charge >= 0.3 is 7.12 Å². The highest BCUT2D eigenvalue weighted by molar-refractivity contribution is 7.11. The third kappa shape index (κ3) is 3.69. The maximum atomic E-state index is 11.1. The van der Waals surface area contributed by atoms with Crippen molar-refractivity contribution in [1.29, 1.82) is 0 Å². The number of thiazole rings is 1. The highest BCUT2D eigenvalue weighted by Gasteiger charge is 2.19. The van der Waals surface area contributed by atoms with Crippen molar-refractivity contribution in [3.05, 3.63) is 39.8 Å². The molecule has 7 heteroatoms. The van der Waals surface area contributed by atoms with Gasteiger partial charge in [0, 0.05) is 12.1 Å². The molecule has 5 nitrogen and oxygen atoms in total. The number of nitrogens with zero attached hydrogens (tertiary/aromatic N) is 1. The van der Waals surface area contributed by atoms with Crippen molar-refractivity contribution >= 4 is 30.2 Å². The summed E-state index contributed by atoms with van der Waals surface area (Å²) in [5.41, 5.74) is 0.288. The van der Waals surface area contributed by atoms with E-state index in [1.807, 2.05) is 0 Å². The van der Waals surface area contributed by atoms with Gasteiger partial charge in [0.25, 0.3) is 0 Å². The molecule has 21 heavy (non-hydrogen) atoms. The minimum absolute atomic E-state index is 0.134.